The molecule has 0 saturated carbocycles. The van der Waals surface area contributed by atoms with Gasteiger partial charge in [-0.1, -0.05) is 60.4 Å². The van der Waals surface area contributed by atoms with Crippen LogP contribution in [0.4, 0.5) is 4.79 Å². The van der Waals surface area contributed by atoms with E-state index in [-0.39, 0.29) is 12.5 Å². The Morgan fingerprint density at radius 1 is 1.07 bits per heavy atom. The van der Waals surface area contributed by atoms with Crippen LogP contribution < -0.4 is 5.32 Å². The second-order valence-electron chi connectivity index (χ2n) is 6.41. The Balaban J connectivity index is 1.37. The van der Waals surface area contributed by atoms with Crippen LogP contribution >= 0.6 is 11.3 Å². The van der Waals surface area contributed by atoms with Crippen LogP contribution in [-0.4, -0.2) is 19.2 Å². The summed E-state index contributed by atoms with van der Waals surface area (Å²) in [5.41, 5.74) is 6.02. The predicted molar refractivity (Wildman–Crippen MR) is 109 cm³/mol. The molecule has 134 valence electrons. The van der Waals surface area contributed by atoms with Gasteiger partial charge in [-0.2, -0.15) is 0 Å². The molecule has 0 saturated heterocycles. The van der Waals surface area contributed by atoms with Crippen LogP contribution in [0, 0.1) is 18.8 Å². The number of rotatable bonds is 3. The topological polar surface area (TPSA) is 38.3 Å². The van der Waals surface area contributed by atoms with Crippen molar-refractivity contribution in [1.29, 1.82) is 0 Å². The maximum atomic E-state index is 12.1. The van der Waals surface area contributed by atoms with Crippen molar-refractivity contribution in [3.63, 3.8) is 0 Å². The summed E-state index contributed by atoms with van der Waals surface area (Å²) in [6, 6.07) is 18.6. The van der Waals surface area contributed by atoms with Crippen LogP contribution in [-0.2, 0) is 4.74 Å². The number of carbonyl (C=O) groups is 1. The average Bonchev–Trinajstić information content (AvgIpc) is 3.25. The van der Waals surface area contributed by atoms with Crippen molar-refractivity contribution in [2.75, 3.05) is 13.2 Å². The summed E-state index contributed by atoms with van der Waals surface area (Å²) >= 11 is 1.60. The number of aryl methyl sites for hydroxylation is 1. The highest BCUT2D eigenvalue weighted by molar-refractivity contribution is 7.10. The highest BCUT2D eigenvalue weighted by atomic mass is 32.1. The average molecular weight is 373 g/mol. The van der Waals surface area contributed by atoms with E-state index in [0.717, 1.165) is 10.4 Å². The van der Waals surface area contributed by atoms with E-state index in [1.807, 2.05) is 42.6 Å². The van der Waals surface area contributed by atoms with Gasteiger partial charge in [-0.05, 0) is 46.2 Å². The molecule has 1 aliphatic carbocycles. The lowest BCUT2D eigenvalue weighted by atomic mass is 9.98. The smallest absolute Gasteiger partial charge is 0.407 e. The van der Waals surface area contributed by atoms with Gasteiger partial charge in [0.05, 0.1) is 11.4 Å². The van der Waals surface area contributed by atoms with E-state index in [4.69, 9.17) is 4.74 Å². The fourth-order valence-electron chi connectivity index (χ4n) is 3.39. The first-order valence-corrected chi connectivity index (χ1v) is 9.74. The fourth-order valence-corrected chi connectivity index (χ4v) is 4.18. The molecule has 3 nitrogen and oxygen atoms in total. The van der Waals surface area contributed by atoms with Crippen molar-refractivity contribution < 1.29 is 9.53 Å². The Bertz CT molecular complexity index is 996. The number of hydrogen-bond acceptors (Lipinski definition) is 3. The second-order valence-corrected chi connectivity index (χ2v) is 7.33. The zero-order valence-electron chi connectivity index (χ0n) is 15.0. The van der Waals surface area contributed by atoms with Crippen LogP contribution in [0.1, 0.15) is 27.5 Å². The van der Waals surface area contributed by atoms with Gasteiger partial charge in [-0.25, -0.2) is 4.79 Å². The Morgan fingerprint density at radius 3 is 2.37 bits per heavy atom. The molecule has 4 rings (SSSR count). The molecule has 0 atom stereocenters. The molecular weight excluding hydrogens is 354 g/mol. The lowest BCUT2D eigenvalue weighted by Gasteiger charge is -2.14. The number of alkyl carbamates (subject to hydrolysis) is 1. The molecular formula is C23H19NO2S. The van der Waals surface area contributed by atoms with Gasteiger partial charge in [0.1, 0.15) is 6.61 Å². The molecule has 0 fully saturated rings. The van der Waals surface area contributed by atoms with Crippen molar-refractivity contribution in [3.8, 4) is 23.0 Å². The Hall–Kier alpha value is -3.03. The first-order valence-electron chi connectivity index (χ1n) is 8.86. The van der Waals surface area contributed by atoms with Gasteiger partial charge in [0.2, 0.25) is 0 Å². The van der Waals surface area contributed by atoms with E-state index in [1.54, 1.807) is 11.3 Å². The maximum absolute atomic E-state index is 12.1. The molecule has 2 aromatic carbocycles. The van der Waals surface area contributed by atoms with Gasteiger partial charge in [0, 0.05) is 5.92 Å². The summed E-state index contributed by atoms with van der Waals surface area (Å²) in [5, 5.41) is 4.72. The number of amides is 1. The quantitative estimate of drug-likeness (QED) is 0.660. The van der Waals surface area contributed by atoms with E-state index in [0.29, 0.717) is 6.61 Å². The molecule has 0 bridgehead atoms. The number of benzene rings is 2. The number of nitrogens with one attached hydrogen (secondary N) is 1. The molecule has 0 aliphatic heterocycles. The molecule has 1 aromatic heterocycles. The Kier molecular flexibility index (Phi) is 4.95. The van der Waals surface area contributed by atoms with Crippen molar-refractivity contribution in [2.45, 2.75) is 12.8 Å². The summed E-state index contributed by atoms with van der Waals surface area (Å²) in [6.07, 6.45) is -0.436. The summed E-state index contributed by atoms with van der Waals surface area (Å²) in [6.45, 7) is 2.62. The third-order valence-electron chi connectivity index (χ3n) is 4.73. The van der Waals surface area contributed by atoms with Crippen LogP contribution in [0.5, 0.6) is 0 Å². The normalized spacial score (nSPS) is 11.9. The van der Waals surface area contributed by atoms with Crippen molar-refractivity contribution in [3.05, 3.63) is 81.5 Å². The summed E-state index contributed by atoms with van der Waals surface area (Å²) < 4.78 is 5.49. The molecule has 1 amide bonds. The zero-order chi connectivity index (χ0) is 18.6. The maximum Gasteiger partial charge on any atom is 0.407 e. The predicted octanol–water partition coefficient (Wildman–Crippen LogP) is 4.95. The highest BCUT2D eigenvalue weighted by Gasteiger charge is 2.28. The SMILES string of the molecule is Cc1ccsc1C#CCNC(=O)OCC1c2ccccc2-c2ccccc21. The molecule has 0 spiro atoms. The number of thiophene rings is 1. The number of ether oxygens (including phenoxy) is 1. The van der Waals surface area contributed by atoms with E-state index in [9.17, 15) is 4.79 Å². The Labute approximate surface area is 163 Å². The first kappa shape index (κ1) is 17.4. The molecule has 4 heteroatoms. The zero-order valence-corrected chi connectivity index (χ0v) is 15.8. The van der Waals surface area contributed by atoms with Crippen molar-refractivity contribution in [1.82, 2.24) is 5.32 Å². The number of carbonyl (C=O) groups excluding carboxylic acids is 1. The molecule has 0 radical (unpaired) electrons. The van der Waals surface area contributed by atoms with Crippen LogP contribution in [0.15, 0.2) is 60.0 Å². The third kappa shape index (κ3) is 3.60. The lowest BCUT2D eigenvalue weighted by Crippen LogP contribution is -2.26. The molecule has 1 aliphatic rings. The van der Waals surface area contributed by atoms with E-state index in [2.05, 4.69) is 41.4 Å². The third-order valence-corrected chi connectivity index (χ3v) is 5.66. The molecule has 27 heavy (non-hydrogen) atoms. The van der Waals surface area contributed by atoms with E-state index < -0.39 is 6.09 Å². The largest absolute Gasteiger partial charge is 0.449 e. The standard InChI is InChI=1S/C23H19NO2S/c1-16-12-14-27-22(16)11-6-13-24-23(25)26-15-21-19-9-4-2-7-17(19)18-8-3-5-10-20(18)21/h2-5,7-10,12,14,21H,13,15H2,1H3,(H,24,25). The monoisotopic (exact) mass is 373 g/mol. The van der Waals surface area contributed by atoms with Gasteiger partial charge < -0.3 is 10.1 Å². The molecule has 1 heterocycles. The lowest BCUT2D eigenvalue weighted by molar-refractivity contribution is 0.144. The minimum atomic E-state index is -0.436. The van der Waals surface area contributed by atoms with Crippen molar-refractivity contribution in [2.24, 2.45) is 0 Å². The van der Waals surface area contributed by atoms with Crippen molar-refractivity contribution >= 4 is 17.4 Å². The fraction of sp³-hybridized carbons (Fsp3) is 0.174. The van der Waals surface area contributed by atoms with Crippen LogP contribution in [0.2, 0.25) is 0 Å². The van der Waals surface area contributed by atoms with Crippen LogP contribution in [0.3, 0.4) is 0 Å². The molecule has 0 unspecified atom stereocenters. The first-order chi connectivity index (χ1) is 13.2. The summed E-state index contributed by atoms with van der Waals surface area (Å²) in [4.78, 5) is 13.1. The molecule has 3 aromatic rings. The second kappa shape index (κ2) is 7.69. The minimum absolute atomic E-state index is 0.0722. The number of hydrogen-bond donors (Lipinski definition) is 1. The summed E-state index contributed by atoms with van der Waals surface area (Å²) in [7, 11) is 0. The van der Waals surface area contributed by atoms with Gasteiger partial charge >= 0.3 is 6.09 Å². The number of fused-ring (bicyclic) bond motifs is 3. The van der Waals surface area contributed by atoms with E-state index in [1.165, 1.54) is 22.3 Å². The van der Waals surface area contributed by atoms with Gasteiger partial charge in [-0.15, -0.1) is 11.3 Å². The van der Waals surface area contributed by atoms with Gasteiger partial charge in [0.15, 0.2) is 0 Å². The van der Waals surface area contributed by atoms with E-state index >= 15 is 0 Å². The summed E-state index contributed by atoms with van der Waals surface area (Å²) in [5.74, 6) is 6.11. The highest BCUT2D eigenvalue weighted by Crippen LogP contribution is 2.44. The molecule has 1 N–H and O–H groups in total. The Morgan fingerprint density at radius 2 is 1.74 bits per heavy atom. The minimum Gasteiger partial charge on any atom is -0.449 e. The van der Waals surface area contributed by atoms with Crippen LogP contribution in [0.25, 0.3) is 11.1 Å². The van der Waals surface area contributed by atoms with Gasteiger partial charge in [-0.3, -0.25) is 0 Å². The van der Waals surface area contributed by atoms with Gasteiger partial charge in [0.25, 0.3) is 0 Å².